The number of amides is 1. The first-order chi connectivity index (χ1) is 3.66. The van der Waals surface area contributed by atoms with E-state index in [1.54, 1.807) is 0 Å². The first-order valence-corrected chi connectivity index (χ1v) is 2.59. The lowest BCUT2D eigenvalue weighted by Crippen LogP contribution is -2.27. The van der Waals surface area contributed by atoms with E-state index in [0.717, 1.165) is 0 Å². The summed E-state index contributed by atoms with van der Waals surface area (Å²) in [5.74, 6) is -0.111. The van der Waals surface area contributed by atoms with Gasteiger partial charge in [0.2, 0.25) is 5.91 Å². The molecular weight excluding hydrogens is 102 g/mol. The fraction of sp³-hybridized carbons (Fsp3) is 0.500. The Kier molecular flexibility index (Phi) is 2.92. The summed E-state index contributed by atoms with van der Waals surface area (Å²) in [6.45, 7) is 7.11. The molecule has 2 heteroatoms. The summed E-state index contributed by atoms with van der Waals surface area (Å²) in [5, 5.41) is 2.64. The molecule has 0 heterocycles. The molecule has 0 aromatic carbocycles. The summed E-state index contributed by atoms with van der Waals surface area (Å²) in [7, 11) is 0. The Morgan fingerprint density at radius 2 is 2.38 bits per heavy atom. The minimum atomic E-state index is -0.111. The fourth-order valence-corrected chi connectivity index (χ4v) is 0.343. The molecule has 0 saturated heterocycles. The van der Waals surface area contributed by atoms with E-state index < -0.39 is 0 Å². The van der Waals surface area contributed by atoms with Crippen molar-refractivity contribution in [1.82, 2.24) is 5.32 Å². The lowest BCUT2D eigenvalue weighted by molar-refractivity contribution is -0.116. The van der Waals surface area contributed by atoms with E-state index in [1.807, 2.05) is 13.8 Å². The van der Waals surface area contributed by atoms with Gasteiger partial charge in [0.15, 0.2) is 0 Å². The van der Waals surface area contributed by atoms with Gasteiger partial charge in [0.1, 0.15) is 0 Å². The van der Waals surface area contributed by atoms with Crippen LogP contribution >= 0.6 is 0 Å². The van der Waals surface area contributed by atoms with E-state index in [9.17, 15) is 4.79 Å². The molecule has 1 amide bonds. The van der Waals surface area contributed by atoms with E-state index >= 15 is 0 Å². The number of carbonyl (C=O) groups is 1. The van der Waals surface area contributed by atoms with Crippen molar-refractivity contribution in [3.05, 3.63) is 12.7 Å². The molecule has 0 fully saturated rings. The average Bonchev–Trinajstić information content (AvgIpc) is 1.65. The van der Waals surface area contributed by atoms with Crippen molar-refractivity contribution in [3.8, 4) is 0 Å². The fourth-order valence-electron chi connectivity index (χ4n) is 0.343. The maximum Gasteiger partial charge on any atom is 0.243 e. The smallest absolute Gasteiger partial charge is 0.243 e. The summed E-state index contributed by atoms with van der Waals surface area (Å²) in [5.41, 5.74) is 0. The van der Waals surface area contributed by atoms with Crippen LogP contribution in [0.15, 0.2) is 12.7 Å². The van der Waals surface area contributed by atoms with E-state index in [-0.39, 0.29) is 13.4 Å². The summed E-state index contributed by atoms with van der Waals surface area (Å²) < 4.78 is 0. The van der Waals surface area contributed by atoms with Crippen LogP contribution in [0.25, 0.3) is 0 Å². The Hall–Kier alpha value is -0.790. The topological polar surface area (TPSA) is 29.1 Å². The van der Waals surface area contributed by atoms with Crippen LogP contribution in [0.5, 0.6) is 0 Å². The number of hydrogen-bond acceptors (Lipinski definition) is 1. The Balaban J connectivity index is 0. The van der Waals surface area contributed by atoms with Gasteiger partial charge in [-0.2, -0.15) is 0 Å². The summed E-state index contributed by atoms with van der Waals surface area (Å²) in [6.07, 6.45) is 1.26. The molecule has 48 valence electrons. The number of carbonyl (C=O) groups excluding carboxylic acids is 1. The molecule has 0 unspecified atom stereocenters. The van der Waals surface area contributed by atoms with E-state index in [1.165, 1.54) is 6.08 Å². The molecule has 0 aromatic rings. The van der Waals surface area contributed by atoms with Crippen LogP contribution in [0.2, 0.25) is 0 Å². The van der Waals surface area contributed by atoms with Crippen molar-refractivity contribution in [1.29, 1.82) is 0 Å². The highest BCUT2D eigenvalue weighted by Gasteiger charge is 1.93. The van der Waals surface area contributed by atoms with Gasteiger partial charge in [-0.05, 0) is 19.9 Å². The highest BCUT2D eigenvalue weighted by atomic mass is 16.1. The molecule has 0 atom stereocenters. The molecule has 0 saturated carbocycles. The molecule has 0 aliphatic rings. The Morgan fingerprint density at radius 1 is 1.88 bits per heavy atom. The Labute approximate surface area is 51.1 Å². The van der Waals surface area contributed by atoms with Crippen LogP contribution < -0.4 is 5.32 Å². The first-order valence-electron chi connectivity index (χ1n) is 2.59. The molecular formula is C6H13NO. The van der Waals surface area contributed by atoms with Crippen LogP contribution in [-0.4, -0.2) is 11.9 Å². The van der Waals surface area contributed by atoms with E-state index in [2.05, 4.69) is 11.9 Å². The van der Waals surface area contributed by atoms with Gasteiger partial charge in [-0.3, -0.25) is 4.79 Å². The molecule has 1 N–H and O–H groups in total. The predicted octanol–water partition coefficient (Wildman–Crippen LogP) is 0.943. The van der Waals surface area contributed by atoms with E-state index in [0.29, 0.717) is 0 Å². The molecule has 0 aromatic heterocycles. The third kappa shape index (κ3) is 3.40. The van der Waals surface area contributed by atoms with Gasteiger partial charge in [0.05, 0.1) is 0 Å². The van der Waals surface area contributed by atoms with Crippen LogP contribution in [0.4, 0.5) is 0 Å². The maximum absolute atomic E-state index is 10.4. The van der Waals surface area contributed by atoms with E-state index in [4.69, 9.17) is 0 Å². The predicted molar refractivity (Wildman–Crippen MR) is 35.6 cm³/mol. The standard InChI is InChI=1S/C6H11NO.H2/c1-4-6(8)7-5(2)3;/h4-5H,1H2,2-3H3,(H,7,8);1H. The highest BCUT2D eigenvalue weighted by Crippen LogP contribution is 1.75. The third-order valence-corrected chi connectivity index (χ3v) is 0.616. The van der Waals surface area contributed by atoms with Crippen molar-refractivity contribution in [2.24, 2.45) is 0 Å². The molecule has 0 aliphatic heterocycles. The largest absolute Gasteiger partial charge is 0.350 e. The van der Waals surface area contributed by atoms with Gasteiger partial charge >= 0.3 is 0 Å². The van der Waals surface area contributed by atoms with Gasteiger partial charge in [-0.15, -0.1) is 0 Å². The molecule has 0 aliphatic carbocycles. The monoisotopic (exact) mass is 115 g/mol. The number of hydrogen-bond donors (Lipinski definition) is 1. The second-order valence-corrected chi connectivity index (χ2v) is 1.87. The molecule has 2 nitrogen and oxygen atoms in total. The Morgan fingerprint density at radius 3 is 2.50 bits per heavy atom. The second kappa shape index (κ2) is 3.24. The van der Waals surface area contributed by atoms with Gasteiger partial charge in [-0.1, -0.05) is 6.58 Å². The first kappa shape index (κ1) is 7.21. The zero-order valence-electron chi connectivity index (χ0n) is 5.27. The summed E-state index contributed by atoms with van der Waals surface area (Å²) in [4.78, 5) is 10.4. The number of rotatable bonds is 2. The molecule has 0 bridgehead atoms. The Bertz CT molecular complexity index is 101. The van der Waals surface area contributed by atoms with Crippen LogP contribution in [0.3, 0.4) is 0 Å². The highest BCUT2D eigenvalue weighted by molar-refractivity contribution is 5.86. The van der Waals surface area contributed by atoms with Gasteiger partial charge in [0, 0.05) is 7.47 Å². The zero-order valence-corrected chi connectivity index (χ0v) is 5.27. The molecule has 0 spiro atoms. The minimum Gasteiger partial charge on any atom is -0.350 e. The summed E-state index contributed by atoms with van der Waals surface area (Å²) in [6, 6.07) is 0.209. The SMILES string of the molecule is C=CC(=O)NC(C)C.[HH]. The molecule has 8 heavy (non-hydrogen) atoms. The van der Waals surface area contributed by atoms with Crippen LogP contribution in [0.1, 0.15) is 15.3 Å². The van der Waals surface area contributed by atoms with Crippen LogP contribution in [0, 0.1) is 0 Å². The number of nitrogens with one attached hydrogen (secondary N) is 1. The van der Waals surface area contributed by atoms with Gasteiger partial charge in [0.25, 0.3) is 0 Å². The lowest BCUT2D eigenvalue weighted by Gasteiger charge is -2.02. The maximum atomic E-state index is 10.4. The van der Waals surface area contributed by atoms with Crippen molar-refractivity contribution in [3.63, 3.8) is 0 Å². The molecule has 0 rings (SSSR count). The minimum absolute atomic E-state index is 0. The second-order valence-electron chi connectivity index (χ2n) is 1.87. The van der Waals surface area contributed by atoms with Crippen molar-refractivity contribution < 1.29 is 6.22 Å². The van der Waals surface area contributed by atoms with Crippen molar-refractivity contribution in [2.75, 3.05) is 0 Å². The zero-order chi connectivity index (χ0) is 6.57. The summed E-state index contributed by atoms with van der Waals surface area (Å²) >= 11 is 0. The van der Waals surface area contributed by atoms with Crippen LogP contribution in [-0.2, 0) is 4.79 Å². The normalized spacial score (nSPS) is 8.88. The quantitative estimate of drug-likeness (QED) is 0.533. The van der Waals surface area contributed by atoms with Crippen molar-refractivity contribution in [2.45, 2.75) is 19.9 Å². The third-order valence-electron chi connectivity index (χ3n) is 0.616. The molecule has 0 radical (unpaired) electrons. The van der Waals surface area contributed by atoms with Gasteiger partial charge < -0.3 is 5.32 Å². The average molecular weight is 115 g/mol. The van der Waals surface area contributed by atoms with Gasteiger partial charge in [-0.25, -0.2) is 0 Å². The van der Waals surface area contributed by atoms with Crippen molar-refractivity contribution >= 4 is 5.91 Å². The lowest BCUT2D eigenvalue weighted by atomic mass is 10.4.